The third kappa shape index (κ3) is 3.07. The molecule has 0 aromatic heterocycles. The molecule has 0 spiro atoms. The van der Waals surface area contributed by atoms with Gasteiger partial charge in [-0.2, -0.15) is 0 Å². The molecule has 0 bridgehead atoms. The number of ketones is 1. The Hall–Kier alpha value is -1.67. The summed E-state index contributed by atoms with van der Waals surface area (Å²) in [5.41, 5.74) is 2.10. The third-order valence-electron chi connectivity index (χ3n) is 4.75. The molecule has 22 heavy (non-hydrogen) atoms. The lowest BCUT2D eigenvalue weighted by Crippen LogP contribution is -2.41. The fourth-order valence-corrected chi connectivity index (χ4v) is 3.90. The molecule has 1 heterocycles. The van der Waals surface area contributed by atoms with Gasteiger partial charge in [-0.3, -0.25) is 9.69 Å². The molecule has 1 fully saturated rings. The largest absolute Gasteiger partial charge is 0.295 e. The maximum atomic E-state index is 12.8. The van der Waals surface area contributed by atoms with Crippen molar-refractivity contribution >= 4 is 16.6 Å². The molecule has 2 nitrogen and oxygen atoms in total. The Morgan fingerprint density at radius 2 is 1.68 bits per heavy atom. The molecular weight excluding hydrogens is 270 g/mol. The molecule has 2 aromatic rings. The topological polar surface area (TPSA) is 20.3 Å². The molecular formula is C20H25NO. The molecule has 2 atom stereocenters. The van der Waals surface area contributed by atoms with Crippen molar-refractivity contribution in [3.05, 3.63) is 47.5 Å². The van der Waals surface area contributed by atoms with Crippen LogP contribution in [0.2, 0.25) is 0 Å². The minimum Gasteiger partial charge on any atom is -0.295 e. The molecule has 1 aliphatic heterocycles. The van der Waals surface area contributed by atoms with E-state index in [0.717, 1.165) is 24.0 Å². The molecule has 0 saturated carbocycles. The van der Waals surface area contributed by atoms with Gasteiger partial charge in [0.2, 0.25) is 0 Å². The van der Waals surface area contributed by atoms with Gasteiger partial charge in [-0.05, 0) is 41.5 Å². The van der Waals surface area contributed by atoms with Crippen LogP contribution in [0.1, 0.15) is 36.2 Å². The minimum absolute atomic E-state index is 0.248. The molecule has 0 radical (unpaired) electrons. The van der Waals surface area contributed by atoms with Crippen molar-refractivity contribution in [3.63, 3.8) is 0 Å². The number of nitrogens with zero attached hydrogens (tertiary/aromatic N) is 1. The second-order valence-electron chi connectivity index (χ2n) is 7.04. The number of carbonyl (C=O) groups excluding carboxylic acids is 1. The number of fused-ring (bicyclic) bond motifs is 1. The van der Waals surface area contributed by atoms with Crippen LogP contribution in [0, 0.1) is 18.8 Å². The van der Waals surface area contributed by atoms with Crippen LogP contribution in [0.4, 0.5) is 0 Å². The summed E-state index contributed by atoms with van der Waals surface area (Å²) in [6.45, 7) is 9.30. The van der Waals surface area contributed by atoms with E-state index in [-0.39, 0.29) is 5.78 Å². The van der Waals surface area contributed by atoms with Crippen molar-refractivity contribution in [3.8, 4) is 0 Å². The lowest BCUT2D eigenvalue weighted by molar-refractivity contribution is 0.0851. The lowest BCUT2D eigenvalue weighted by Gasteiger charge is -2.34. The normalized spacial score (nSPS) is 22.9. The van der Waals surface area contributed by atoms with Gasteiger partial charge in [0.25, 0.3) is 0 Å². The zero-order valence-electron chi connectivity index (χ0n) is 13.8. The van der Waals surface area contributed by atoms with E-state index in [1.165, 1.54) is 17.4 Å². The SMILES string of the molecule is Cc1ccc(C(=O)CN2CC(C)CC(C)C2)c2ccccc12. The molecule has 0 N–H and O–H groups in total. The van der Waals surface area contributed by atoms with Gasteiger partial charge in [-0.1, -0.05) is 50.2 Å². The van der Waals surface area contributed by atoms with Gasteiger partial charge in [0.15, 0.2) is 5.78 Å². The quantitative estimate of drug-likeness (QED) is 0.786. The zero-order valence-corrected chi connectivity index (χ0v) is 13.8. The van der Waals surface area contributed by atoms with Crippen molar-refractivity contribution in [1.82, 2.24) is 4.90 Å². The summed E-state index contributed by atoms with van der Waals surface area (Å²) in [6, 6.07) is 12.3. The molecule has 2 unspecified atom stereocenters. The van der Waals surface area contributed by atoms with E-state index in [9.17, 15) is 4.79 Å². The first-order valence-corrected chi connectivity index (χ1v) is 8.28. The number of benzene rings is 2. The van der Waals surface area contributed by atoms with E-state index in [4.69, 9.17) is 0 Å². The average molecular weight is 295 g/mol. The predicted octanol–water partition coefficient (Wildman–Crippen LogP) is 4.31. The fraction of sp³-hybridized carbons (Fsp3) is 0.450. The Morgan fingerprint density at radius 3 is 2.36 bits per heavy atom. The molecule has 2 aromatic carbocycles. The maximum Gasteiger partial charge on any atom is 0.177 e. The standard InChI is InChI=1S/C20H25NO/c1-14-10-15(2)12-21(11-14)13-20(22)19-9-8-16(3)17-6-4-5-7-18(17)19/h4-9,14-15H,10-13H2,1-3H3. The zero-order chi connectivity index (χ0) is 15.7. The second kappa shape index (κ2) is 6.21. The van der Waals surface area contributed by atoms with E-state index in [1.807, 2.05) is 18.2 Å². The molecule has 116 valence electrons. The van der Waals surface area contributed by atoms with Gasteiger partial charge in [0.1, 0.15) is 0 Å². The van der Waals surface area contributed by atoms with Crippen molar-refractivity contribution < 1.29 is 4.79 Å². The Labute approximate surface area is 133 Å². The van der Waals surface area contributed by atoms with Crippen LogP contribution < -0.4 is 0 Å². The number of aryl methyl sites for hydroxylation is 1. The van der Waals surface area contributed by atoms with Gasteiger partial charge >= 0.3 is 0 Å². The summed E-state index contributed by atoms with van der Waals surface area (Å²) in [7, 11) is 0. The predicted molar refractivity (Wildman–Crippen MR) is 92.4 cm³/mol. The van der Waals surface area contributed by atoms with Crippen molar-refractivity contribution in [1.29, 1.82) is 0 Å². The van der Waals surface area contributed by atoms with Crippen LogP contribution in [0.15, 0.2) is 36.4 Å². The maximum absolute atomic E-state index is 12.8. The van der Waals surface area contributed by atoms with Crippen LogP contribution in [-0.2, 0) is 0 Å². The minimum atomic E-state index is 0.248. The summed E-state index contributed by atoms with van der Waals surface area (Å²) in [5.74, 6) is 1.62. The Balaban J connectivity index is 1.85. The van der Waals surface area contributed by atoms with E-state index >= 15 is 0 Å². The Bertz CT molecular complexity index is 681. The summed E-state index contributed by atoms with van der Waals surface area (Å²) >= 11 is 0. The smallest absolute Gasteiger partial charge is 0.177 e. The van der Waals surface area contributed by atoms with E-state index < -0.39 is 0 Å². The van der Waals surface area contributed by atoms with Gasteiger partial charge < -0.3 is 0 Å². The highest BCUT2D eigenvalue weighted by molar-refractivity contribution is 6.09. The monoisotopic (exact) mass is 295 g/mol. The summed E-state index contributed by atoms with van der Waals surface area (Å²) < 4.78 is 0. The van der Waals surface area contributed by atoms with Gasteiger partial charge in [-0.15, -0.1) is 0 Å². The highest BCUT2D eigenvalue weighted by atomic mass is 16.1. The molecule has 0 amide bonds. The molecule has 1 aliphatic rings. The van der Waals surface area contributed by atoms with E-state index in [1.54, 1.807) is 0 Å². The molecule has 0 aliphatic carbocycles. The third-order valence-corrected chi connectivity index (χ3v) is 4.75. The van der Waals surface area contributed by atoms with Gasteiger partial charge in [0, 0.05) is 18.7 Å². The number of hydrogen-bond acceptors (Lipinski definition) is 2. The summed E-state index contributed by atoms with van der Waals surface area (Å²) in [4.78, 5) is 15.1. The number of likely N-dealkylation sites (tertiary alicyclic amines) is 1. The first-order valence-electron chi connectivity index (χ1n) is 8.28. The first-order chi connectivity index (χ1) is 10.5. The average Bonchev–Trinajstić information content (AvgIpc) is 2.46. The first kappa shape index (κ1) is 15.2. The second-order valence-corrected chi connectivity index (χ2v) is 7.04. The van der Waals surface area contributed by atoms with Crippen molar-refractivity contribution in [2.24, 2.45) is 11.8 Å². The number of hydrogen-bond donors (Lipinski definition) is 0. The lowest BCUT2D eigenvalue weighted by atomic mass is 9.91. The Kier molecular flexibility index (Phi) is 4.30. The number of piperidine rings is 1. The van der Waals surface area contributed by atoms with Crippen LogP contribution in [0.5, 0.6) is 0 Å². The molecule has 3 rings (SSSR count). The van der Waals surface area contributed by atoms with E-state index in [2.05, 4.69) is 43.9 Å². The van der Waals surface area contributed by atoms with Gasteiger partial charge in [-0.25, -0.2) is 0 Å². The fourth-order valence-electron chi connectivity index (χ4n) is 3.90. The number of Topliss-reactive ketones (excluding diaryl/α,β-unsaturated/α-hetero) is 1. The van der Waals surface area contributed by atoms with Crippen LogP contribution in [0.25, 0.3) is 10.8 Å². The van der Waals surface area contributed by atoms with Crippen LogP contribution in [0.3, 0.4) is 0 Å². The summed E-state index contributed by atoms with van der Waals surface area (Å²) in [5, 5.41) is 2.28. The molecule has 2 heteroatoms. The number of rotatable bonds is 3. The van der Waals surface area contributed by atoms with Gasteiger partial charge in [0.05, 0.1) is 6.54 Å². The highest BCUT2D eigenvalue weighted by Crippen LogP contribution is 2.25. The highest BCUT2D eigenvalue weighted by Gasteiger charge is 2.24. The van der Waals surface area contributed by atoms with Crippen LogP contribution >= 0.6 is 0 Å². The number of carbonyl (C=O) groups is 1. The van der Waals surface area contributed by atoms with Crippen molar-refractivity contribution in [2.45, 2.75) is 27.2 Å². The van der Waals surface area contributed by atoms with Crippen molar-refractivity contribution in [2.75, 3.05) is 19.6 Å². The van der Waals surface area contributed by atoms with E-state index in [0.29, 0.717) is 18.4 Å². The molecule has 1 saturated heterocycles. The Morgan fingerprint density at radius 1 is 1.05 bits per heavy atom. The summed E-state index contributed by atoms with van der Waals surface area (Å²) in [6.07, 6.45) is 1.28. The van der Waals surface area contributed by atoms with Crippen LogP contribution in [-0.4, -0.2) is 30.3 Å².